The number of allylic oxidation sites excluding steroid dienone is 1. The molecule has 3 aromatic carbocycles. The van der Waals surface area contributed by atoms with Gasteiger partial charge in [-0.25, -0.2) is 0 Å². The highest BCUT2D eigenvalue weighted by atomic mass is 35.5. The monoisotopic (exact) mass is 783 g/mol. The summed E-state index contributed by atoms with van der Waals surface area (Å²) in [5.41, 5.74) is 1.29. The zero-order valence-electron chi connectivity index (χ0n) is 31.9. The van der Waals surface area contributed by atoms with Gasteiger partial charge in [-0.3, -0.25) is 19.2 Å². The first-order valence-electron chi connectivity index (χ1n) is 19.1. The number of amides is 3. The number of nitrogens with one attached hydrogen (secondary N) is 1. The van der Waals surface area contributed by atoms with Gasteiger partial charge < -0.3 is 34.4 Å². The lowest BCUT2D eigenvalue weighted by molar-refractivity contribution is -0.163. The van der Waals surface area contributed by atoms with Crippen molar-refractivity contribution in [1.82, 2.24) is 10.2 Å². The number of fused-ring (bicyclic) bond motifs is 1. The Balaban J connectivity index is 1.41. The molecule has 0 radical (unpaired) electrons. The number of hydrogen-bond donors (Lipinski definition) is 2. The molecule has 0 saturated carbocycles. The fraction of sp³-hybridized carbons (Fsp3) is 0.409. The van der Waals surface area contributed by atoms with Gasteiger partial charge in [0.2, 0.25) is 11.8 Å². The van der Waals surface area contributed by atoms with Crippen LogP contribution < -0.4 is 10.2 Å². The van der Waals surface area contributed by atoms with Crippen LogP contribution in [0.5, 0.6) is 0 Å². The quantitative estimate of drug-likeness (QED) is 0.127. The number of esters is 1. The Bertz CT molecular complexity index is 1890. The van der Waals surface area contributed by atoms with Gasteiger partial charge in [0.1, 0.15) is 17.7 Å². The molecule has 0 aromatic heterocycles. The third-order valence-corrected chi connectivity index (χ3v) is 11.5. The topological polar surface area (TPSA) is 135 Å². The fourth-order valence-electron chi connectivity index (χ4n) is 8.83. The van der Waals surface area contributed by atoms with Crippen molar-refractivity contribution in [3.63, 3.8) is 0 Å². The first kappa shape index (κ1) is 40.8. The first-order chi connectivity index (χ1) is 27.1. The summed E-state index contributed by atoms with van der Waals surface area (Å²) in [5.74, 6) is -4.05. The molecule has 296 valence electrons. The molecule has 12 heteroatoms. The van der Waals surface area contributed by atoms with Crippen molar-refractivity contribution in [2.75, 3.05) is 31.8 Å². The van der Waals surface area contributed by atoms with E-state index in [9.17, 15) is 14.7 Å². The van der Waals surface area contributed by atoms with Crippen LogP contribution in [-0.2, 0) is 39.8 Å². The summed E-state index contributed by atoms with van der Waals surface area (Å²) in [6.07, 6.45) is 3.17. The number of aliphatic hydroxyl groups is 1. The molecule has 56 heavy (non-hydrogen) atoms. The number of anilines is 1. The molecule has 3 aromatic rings. The fourth-order valence-corrected chi connectivity index (χ4v) is 9.15. The number of hydrogen-bond acceptors (Lipinski definition) is 8. The summed E-state index contributed by atoms with van der Waals surface area (Å²) in [4.78, 5) is 61.0. The molecule has 1 spiro atoms. The maximum Gasteiger partial charge on any atom is 0.313 e. The number of benzene rings is 3. The number of likely N-dealkylation sites (tertiary alicyclic amines) is 1. The van der Waals surface area contributed by atoms with Crippen molar-refractivity contribution in [2.24, 2.45) is 11.8 Å². The van der Waals surface area contributed by atoms with E-state index in [-0.39, 0.29) is 31.9 Å². The molecule has 3 fully saturated rings. The van der Waals surface area contributed by atoms with Crippen molar-refractivity contribution in [3.05, 3.63) is 126 Å². The van der Waals surface area contributed by atoms with Crippen molar-refractivity contribution >= 4 is 41.0 Å². The third-order valence-electron chi connectivity index (χ3n) is 11.2. The van der Waals surface area contributed by atoms with E-state index in [1.54, 1.807) is 48.6 Å². The smallest absolute Gasteiger partial charge is 0.313 e. The van der Waals surface area contributed by atoms with Gasteiger partial charge in [-0.05, 0) is 55.4 Å². The summed E-state index contributed by atoms with van der Waals surface area (Å²) in [6.45, 7) is 9.12. The van der Waals surface area contributed by atoms with Crippen molar-refractivity contribution in [2.45, 2.75) is 75.0 Å². The molecule has 3 amide bonds. The maximum atomic E-state index is 15.3. The highest BCUT2D eigenvalue weighted by Crippen LogP contribution is 2.59. The summed E-state index contributed by atoms with van der Waals surface area (Å²) >= 11 is 6.75. The lowest BCUT2D eigenvalue weighted by Crippen LogP contribution is -2.59. The number of nitrogens with zero attached hydrogens (tertiary/aromatic N) is 2. The van der Waals surface area contributed by atoms with Crippen LogP contribution in [0.15, 0.2) is 104 Å². The van der Waals surface area contributed by atoms with Crippen molar-refractivity contribution < 1.29 is 38.5 Å². The van der Waals surface area contributed by atoms with Gasteiger partial charge in [0.05, 0.1) is 53.9 Å². The van der Waals surface area contributed by atoms with Crippen LogP contribution in [-0.4, -0.2) is 90.4 Å². The van der Waals surface area contributed by atoms with E-state index in [4.69, 9.17) is 25.8 Å². The van der Waals surface area contributed by atoms with E-state index in [1.807, 2.05) is 49.4 Å². The predicted octanol–water partition coefficient (Wildman–Crippen LogP) is 5.53. The summed E-state index contributed by atoms with van der Waals surface area (Å²) < 4.78 is 18.6. The minimum Gasteiger partial charge on any atom is -0.455 e. The minimum absolute atomic E-state index is 0.0339. The average molecular weight is 784 g/mol. The number of carbonyl (C=O) groups is 4. The van der Waals surface area contributed by atoms with Crippen LogP contribution in [0.3, 0.4) is 0 Å². The molecule has 3 aliphatic rings. The molecular weight excluding hydrogens is 734 g/mol. The summed E-state index contributed by atoms with van der Waals surface area (Å²) in [7, 11) is 1.50. The molecule has 11 nitrogen and oxygen atoms in total. The largest absolute Gasteiger partial charge is 0.455 e. The average Bonchev–Trinajstić information content (AvgIpc) is 3.85. The van der Waals surface area contributed by atoms with E-state index in [0.717, 1.165) is 11.1 Å². The van der Waals surface area contributed by atoms with E-state index in [2.05, 4.69) is 18.5 Å². The van der Waals surface area contributed by atoms with E-state index in [1.165, 1.54) is 16.9 Å². The number of aryl methyl sites for hydroxylation is 1. The van der Waals surface area contributed by atoms with Crippen LogP contribution in [0.25, 0.3) is 0 Å². The number of ether oxygens (including phenoxy) is 3. The Morgan fingerprint density at radius 2 is 1.79 bits per heavy atom. The molecule has 3 heterocycles. The Morgan fingerprint density at radius 3 is 2.43 bits per heavy atom. The van der Waals surface area contributed by atoms with Gasteiger partial charge in [-0.15, -0.1) is 13.2 Å². The predicted molar refractivity (Wildman–Crippen MR) is 213 cm³/mol. The number of para-hydroxylation sites is 1. The molecule has 3 saturated heterocycles. The van der Waals surface area contributed by atoms with Gasteiger partial charge in [0.15, 0.2) is 0 Å². The SMILES string of the molecule is C=CCCC(=O)N[C@@H](COC)[C@@H](OC(=O)[C@@H]1[C@@H]2CC[C@]3(O2)[C@H](C(=O)N(CC=C)c2c(C)cccc2Cl)N([C@@H](CO)Cc2ccccc2)C(=O)[C@@H]13)c1ccccc1. The van der Waals surface area contributed by atoms with Crippen molar-refractivity contribution in [1.29, 1.82) is 0 Å². The number of aliphatic hydroxyl groups excluding tert-OH is 1. The van der Waals surface area contributed by atoms with Crippen LogP contribution in [0.1, 0.15) is 48.5 Å². The Hall–Kier alpha value is -4.81. The highest BCUT2D eigenvalue weighted by molar-refractivity contribution is 6.34. The van der Waals surface area contributed by atoms with Crippen LogP contribution in [0.4, 0.5) is 5.69 Å². The molecule has 0 aliphatic carbocycles. The number of halogens is 1. The second kappa shape index (κ2) is 18.0. The molecule has 3 aliphatic heterocycles. The molecule has 2 N–H and O–H groups in total. The highest BCUT2D eigenvalue weighted by Gasteiger charge is 2.76. The zero-order valence-corrected chi connectivity index (χ0v) is 32.6. The van der Waals surface area contributed by atoms with E-state index in [0.29, 0.717) is 35.5 Å². The Labute approximate surface area is 333 Å². The lowest BCUT2D eigenvalue weighted by Gasteiger charge is -2.39. The second-order valence-corrected chi connectivity index (χ2v) is 15.1. The summed E-state index contributed by atoms with van der Waals surface area (Å²) in [5, 5.41) is 14.3. The van der Waals surface area contributed by atoms with Crippen LogP contribution in [0.2, 0.25) is 5.02 Å². The van der Waals surface area contributed by atoms with Gasteiger partial charge in [0, 0.05) is 20.1 Å². The van der Waals surface area contributed by atoms with Gasteiger partial charge >= 0.3 is 5.97 Å². The first-order valence-corrected chi connectivity index (χ1v) is 19.4. The third kappa shape index (κ3) is 7.91. The second-order valence-electron chi connectivity index (χ2n) is 14.7. The van der Waals surface area contributed by atoms with Gasteiger partial charge in [0.25, 0.3) is 5.91 Å². The van der Waals surface area contributed by atoms with E-state index < -0.39 is 72.2 Å². The zero-order chi connectivity index (χ0) is 40.0. The molecule has 8 atom stereocenters. The van der Waals surface area contributed by atoms with Gasteiger partial charge in [-0.2, -0.15) is 0 Å². The van der Waals surface area contributed by atoms with Crippen molar-refractivity contribution in [3.8, 4) is 0 Å². The normalized spacial score (nSPS) is 23.9. The Kier molecular flexibility index (Phi) is 13.1. The van der Waals surface area contributed by atoms with Crippen LogP contribution in [0, 0.1) is 18.8 Å². The molecule has 2 bridgehead atoms. The molecular formula is C44H50ClN3O8. The molecule has 0 unspecified atom stereocenters. The standard InChI is InChI=1S/C44H50ClN3O8/c1-5-7-21-35(50)46-33(27-54-4)39(30-18-12-9-13-19-30)55-43(53)36-34-22-23-44(56-34)37(36)41(51)48(31(26-49)25-29-16-10-8-11-17-29)40(44)42(52)47(24-6-2)38-28(3)15-14-20-32(38)45/h5-6,8-20,31,33-34,36-37,39-40,49H,1-2,7,21-27H2,3-4H3,(H,46,50)/t31-,33+,34+,36-,37-,39+,40+,44-/m1/s1. The lowest BCUT2D eigenvalue weighted by atomic mass is 9.70. The Morgan fingerprint density at radius 1 is 1.07 bits per heavy atom. The number of carbonyl (C=O) groups excluding carboxylic acids is 4. The van der Waals surface area contributed by atoms with Crippen LogP contribution >= 0.6 is 11.6 Å². The minimum atomic E-state index is -1.41. The maximum absolute atomic E-state index is 15.3. The number of rotatable bonds is 18. The van der Waals surface area contributed by atoms with E-state index >= 15 is 9.59 Å². The number of methoxy groups -OCH3 is 1. The molecule has 6 rings (SSSR count). The van der Waals surface area contributed by atoms with Gasteiger partial charge in [-0.1, -0.05) is 96.5 Å². The summed E-state index contributed by atoms with van der Waals surface area (Å²) in [6, 6.07) is 21.0.